The third kappa shape index (κ3) is 3.00. The Morgan fingerprint density at radius 2 is 1.78 bits per heavy atom. The molecule has 0 atom stereocenters. The van der Waals surface area contributed by atoms with Gasteiger partial charge in [0.05, 0.1) is 5.02 Å². The van der Waals surface area contributed by atoms with Crippen LogP contribution >= 0.6 is 11.6 Å². The van der Waals surface area contributed by atoms with E-state index in [1.165, 1.54) is 0 Å². The van der Waals surface area contributed by atoms with E-state index in [4.69, 9.17) is 11.6 Å². The molecule has 0 aliphatic carbocycles. The summed E-state index contributed by atoms with van der Waals surface area (Å²) < 4.78 is 67.0. The second-order valence-electron chi connectivity index (χ2n) is 3.09. The normalized spacial score (nSPS) is 12.3. The second-order valence-corrected chi connectivity index (χ2v) is 3.50. The van der Waals surface area contributed by atoms with Crippen LogP contribution in [0.4, 0.5) is 22.0 Å². The molecular formula is C9H5ClF5NO2. The van der Waals surface area contributed by atoms with Crippen LogP contribution in [0.3, 0.4) is 0 Å². The topological polar surface area (TPSA) is 52.3 Å². The Labute approximate surface area is 102 Å². The molecule has 0 aliphatic heterocycles. The minimum atomic E-state index is -5.01. The lowest BCUT2D eigenvalue weighted by atomic mass is 10.2. The van der Waals surface area contributed by atoms with Gasteiger partial charge in [-0.1, -0.05) is 17.7 Å². The molecule has 1 aromatic carbocycles. The molecule has 0 radical (unpaired) electrons. The monoisotopic (exact) mass is 289 g/mol. The van der Waals surface area contributed by atoms with Crippen LogP contribution in [0.5, 0.6) is 5.75 Å². The Morgan fingerprint density at radius 1 is 1.22 bits per heavy atom. The Morgan fingerprint density at radius 3 is 2.22 bits per heavy atom. The molecule has 0 unspecified atom stereocenters. The second kappa shape index (κ2) is 4.60. The van der Waals surface area contributed by atoms with Gasteiger partial charge in [-0.25, -0.2) is 0 Å². The summed E-state index contributed by atoms with van der Waals surface area (Å²) in [5.41, 5.74) is 2.68. The van der Waals surface area contributed by atoms with Gasteiger partial charge in [0.2, 0.25) is 0 Å². The van der Waals surface area contributed by atoms with Crippen LogP contribution in [0.15, 0.2) is 18.2 Å². The Kier molecular flexibility index (Phi) is 3.70. The minimum Gasteiger partial charge on any atom is -0.425 e. The van der Waals surface area contributed by atoms with Crippen LogP contribution in [0, 0.1) is 0 Å². The van der Waals surface area contributed by atoms with Gasteiger partial charge in [0.25, 0.3) is 0 Å². The van der Waals surface area contributed by atoms with E-state index in [2.05, 4.69) is 10.5 Å². The molecule has 0 saturated heterocycles. The summed E-state index contributed by atoms with van der Waals surface area (Å²) in [6, 6.07) is 2.41. The number of amides is 1. The lowest BCUT2D eigenvalue weighted by Crippen LogP contribution is -2.41. The SMILES string of the molecule is NC(=O)C(F)(F)Oc1cccc(Cl)c1C(F)(F)F. The predicted molar refractivity (Wildman–Crippen MR) is 51.2 cm³/mol. The van der Waals surface area contributed by atoms with Gasteiger partial charge in [-0.3, -0.25) is 4.79 Å². The van der Waals surface area contributed by atoms with Crippen molar-refractivity contribution >= 4 is 17.5 Å². The van der Waals surface area contributed by atoms with Crippen molar-refractivity contribution in [2.24, 2.45) is 5.73 Å². The fourth-order valence-electron chi connectivity index (χ4n) is 1.05. The number of alkyl halides is 5. The molecule has 1 rings (SSSR count). The molecule has 9 heteroatoms. The lowest BCUT2D eigenvalue weighted by molar-refractivity contribution is -0.192. The quantitative estimate of drug-likeness (QED) is 0.870. The highest BCUT2D eigenvalue weighted by Crippen LogP contribution is 2.42. The Hall–Kier alpha value is -1.57. The zero-order chi connectivity index (χ0) is 14.1. The lowest BCUT2D eigenvalue weighted by Gasteiger charge is -2.18. The first-order chi connectivity index (χ1) is 8.05. The van der Waals surface area contributed by atoms with Crippen molar-refractivity contribution in [2.75, 3.05) is 0 Å². The van der Waals surface area contributed by atoms with E-state index in [1.807, 2.05) is 0 Å². The molecule has 100 valence electrons. The summed E-state index contributed by atoms with van der Waals surface area (Å²) in [5.74, 6) is -3.49. The van der Waals surface area contributed by atoms with Crippen molar-refractivity contribution < 1.29 is 31.5 Å². The maximum atomic E-state index is 12.8. The fraction of sp³-hybridized carbons (Fsp3) is 0.222. The summed E-state index contributed by atoms with van der Waals surface area (Å²) in [6.07, 6.45) is -9.58. The molecule has 0 heterocycles. The maximum Gasteiger partial charge on any atom is 0.482 e. The zero-order valence-electron chi connectivity index (χ0n) is 8.39. The molecule has 18 heavy (non-hydrogen) atoms. The average Bonchev–Trinajstić information content (AvgIpc) is 2.14. The number of primary amides is 1. The number of rotatable bonds is 3. The van der Waals surface area contributed by atoms with E-state index in [0.29, 0.717) is 6.07 Å². The number of hydrogen-bond donors (Lipinski definition) is 1. The van der Waals surface area contributed by atoms with Crippen molar-refractivity contribution in [1.29, 1.82) is 0 Å². The van der Waals surface area contributed by atoms with E-state index in [-0.39, 0.29) is 0 Å². The average molecular weight is 290 g/mol. The van der Waals surface area contributed by atoms with Crippen molar-refractivity contribution in [3.63, 3.8) is 0 Å². The van der Waals surface area contributed by atoms with Gasteiger partial charge >= 0.3 is 18.2 Å². The van der Waals surface area contributed by atoms with Gasteiger partial charge in [0.15, 0.2) is 0 Å². The first kappa shape index (κ1) is 14.5. The van der Waals surface area contributed by atoms with E-state index in [1.54, 1.807) is 0 Å². The Balaban J connectivity index is 3.27. The molecule has 1 amide bonds. The number of nitrogens with two attached hydrogens (primary N) is 1. The molecule has 0 aliphatic rings. The third-order valence-electron chi connectivity index (χ3n) is 1.78. The highest BCUT2D eigenvalue weighted by atomic mass is 35.5. The summed E-state index contributed by atoms with van der Waals surface area (Å²) in [7, 11) is 0. The number of halogens is 6. The highest BCUT2D eigenvalue weighted by molar-refractivity contribution is 6.31. The van der Waals surface area contributed by atoms with Crippen LogP contribution in [-0.2, 0) is 11.0 Å². The number of carbonyl (C=O) groups excluding carboxylic acids is 1. The molecule has 0 bridgehead atoms. The van der Waals surface area contributed by atoms with Crippen molar-refractivity contribution in [2.45, 2.75) is 12.3 Å². The van der Waals surface area contributed by atoms with Gasteiger partial charge in [0.1, 0.15) is 11.3 Å². The standard InChI is InChI=1S/C9H5ClF5NO2/c10-4-2-1-3-5(6(4)8(11,12)13)18-9(14,15)7(16)17/h1-3H,(H2,16,17). The molecular weight excluding hydrogens is 285 g/mol. The highest BCUT2D eigenvalue weighted by Gasteiger charge is 2.44. The molecule has 0 saturated carbocycles. The van der Waals surface area contributed by atoms with Crippen LogP contribution < -0.4 is 10.5 Å². The molecule has 0 spiro atoms. The number of carbonyl (C=O) groups is 1. The fourth-order valence-corrected chi connectivity index (χ4v) is 1.33. The van der Waals surface area contributed by atoms with Gasteiger partial charge in [-0.15, -0.1) is 0 Å². The first-order valence-electron chi connectivity index (χ1n) is 4.28. The van der Waals surface area contributed by atoms with Gasteiger partial charge in [-0.05, 0) is 12.1 Å². The van der Waals surface area contributed by atoms with E-state index >= 15 is 0 Å². The Bertz CT molecular complexity index is 475. The van der Waals surface area contributed by atoms with Crippen LogP contribution in [0.1, 0.15) is 5.56 Å². The van der Waals surface area contributed by atoms with E-state index < -0.39 is 34.5 Å². The summed E-state index contributed by atoms with van der Waals surface area (Å²) in [5, 5.41) is -0.833. The van der Waals surface area contributed by atoms with E-state index in [9.17, 15) is 26.7 Å². The first-order valence-corrected chi connectivity index (χ1v) is 4.66. The van der Waals surface area contributed by atoms with Gasteiger partial charge < -0.3 is 10.5 Å². The summed E-state index contributed by atoms with van der Waals surface area (Å²) in [6.45, 7) is 0. The largest absolute Gasteiger partial charge is 0.482 e. The van der Waals surface area contributed by atoms with Crippen molar-refractivity contribution in [1.82, 2.24) is 0 Å². The van der Waals surface area contributed by atoms with Gasteiger partial charge in [0, 0.05) is 0 Å². The molecule has 3 nitrogen and oxygen atoms in total. The van der Waals surface area contributed by atoms with Crippen LogP contribution in [0.2, 0.25) is 5.02 Å². The predicted octanol–water partition coefficient (Wildman–Crippen LogP) is 2.82. The van der Waals surface area contributed by atoms with Crippen LogP contribution in [0.25, 0.3) is 0 Å². The molecule has 0 aromatic heterocycles. The smallest absolute Gasteiger partial charge is 0.425 e. The number of benzene rings is 1. The summed E-state index contributed by atoms with van der Waals surface area (Å²) in [4.78, 5) is 10.3. The minimum absolute atomic E-state index is 0.603. The van der Waals surface area contributed by atoms with Crippen molar-refractivity contribution in [3.05, 3.63) is 28.8 Å². The maximum absolute atomic E-state index is 12.8. The summed E-state index contributed by atoms with van der Waals surface area (Å²) >= 11 is 5.26. The number of ether oxygens (including phenoxy) is 1. The molecule has 2 N–H and O–H groups in total. The zero-order valence-corrected chi connectivity index (χ0v) is 9.15. The number of hydrogen-bond acceptors (Lipinski definition) is 2. The third-order valence-corrected chi connectivity index (χ3v) is 2.10. The molecule has 0 fully saturated rings. The van der Waals surface area contributed by atoms with Crippen LogP contribution in [-0.4, -0.2) is 12.0 Å². The van der Waals surface area contributed by atoms with E-state index in [0.717, 1.165) is 12.1 Å². The van der Waals surface area contributed by atoms with Gasteiger partial charge in [-0.2, -0.15) is 22.0 Å². The van der Waals surface area contributed by atoms with Crippen molar-refractivity contribution in [3.8, 4) is 5.75 Å². The molecule has 1 aromatic rings.